The maximum atomic E-state index is 2.57. The second kappa shape index (κ2) is 17.8. The van der Waals surface area contributed by atoms with Gasteiger partial charge in [-0.1, -0.05) is 232 Å². The summed E-state index contributed by atoms with van der Waals surface area (Å²) in [4.78, 5) is 2.57. The minimum Gasteiger partial charge on any atom is -0.309 e. The first kappa shape index (κ1) is 43.1. The van der Waals surface area contributed by atoms with Crippen molar-refractivity contribution in [3.05, 3.63) is 289 Å². The highest BCUT2D eigenvalue weighted by molar-refractivity contribution is 6.16. The van der Waals surface area contributed by atoms with Crippen LogP contribution in [0.3, 0.4) is 0 Å². The number of anilines is 3. The molecule has 0 amide bonds. The van der Waals surface area contributed by atoms with Crippen LogP contribution >= 0.6 is 0 Å². The van der Waals surface area contributed by atoms with Crippen LogP contribution in [0, 0.1) is 0 Å². The Labute approximate surface area is 428 Å². The van der Waals surface area contributed by atoms with Crippen LogP contribution in [0.15, 0.2) is 261 Å². The Morgan fingerprint density at radius 2 is 0.945 bits per heavy atom. The number of fused-ring (bicyclic) bond motifs is 7. The summed E-state index contributed by atoms with van der Waals surface area (Å²) in [6.45, 7) is 0. The minimum absolute atomic E-state index is 0.540. The Bertz CT molecular complexity index is 3950. The molecule has 0 N–H and O–H groups in total. The van der Waals surface area contributed by atoms with E-state index in [1.54, 1.807) is 0 Å². The largest absolute Gasteiger partial charge is 0.309 e. The number of aromatic nitrogens is 1. The highest BCUT2D eigenvalue weighted by atomic mass is 15.1. The van der Waals surface area contributed by atoms with Crippen molar-refractivity contribution >= 4 is 49.6 Å². The highest BCUT2D eigenvalue weighted by Gasteiger charge is 2.47. The normalized spacial score (nSPS) is 14.1. The Morgan fingerprint density at radius 1 is 0.384 bits per heavy atom. The molecule has 2 heteroatoms. The van der Waals surface area contributed by atoms with Crippen LogP contribution in [0.2, 0.25) is 0 Å². The lowest BCUT2D eigenvalue weighted by atomic mass is 9.68. The van der Waals surface area contributed by atoms with E-state index in [0.717, 1.165) is 22.7 Å². The standard InChI is InChI=1S/C71H54N2/c1-5-23-49(24-6-1)56-36-19-25-51-26-20-38-59(68(51)56)58-33-14-17-41-64(58)73(55-47-45-50(46-48-55)57-37-21-43-66-69(57)61-35-15-18-42-65(61)72(66)54-31-11-4-12-32-54)67-44-22-40-63-70(67)60-34-13-16-39-62(60)71(63,52-27-7-2-8-28-52)53-29-9-3-10-30-53/h2-4,7-22,25-49H,1,5-6,23-24H2. The van der Waals surface area contributed by atoms with Crippen LogP contribution in [0.25, 0.3) is 71.6 Å². The summed E-state index contributed by atoms with van der Waals surface area (Å²) in [7, 11) is 0. The zero-order chi connectivity index (χ0) is 48.3. The molecule has 1 saturated carbocycles. The van der Waals surface area contributed by atoms with Gasteiger partial charge in [-0.2, -0.15) is 0 Å². The Kier molecular flexibility index (Phi) is 10.5. The third-order valence-corrected chi connectivity index (χ3v) is 16.3. The number of para-hydroxylation sites is 3. The maximum Gasteiger partial charge on any atom is 0.0714 e. The van der Waals surface area contributed by atoms with Gasteiger partial charge in [0.25, 0.3) is 0 Å². The minimum atomic E-state index is -0.540. The van der Waals surface area contributed by atoms with Gasteiger partial charge in [0, 0.05) is 33.3 Å². The second-order valence-corrected chi connectivity index (χ2v) is 20.1. The SMILES string of the molecule is c1ccc(-n2c3ccccc3c3c(-c4ccc(N(c5ccccc5-c5cccc6cccc(C7CCCCC7)c56)c5cccc6c5-c5ccccc5C6(c5ccccc5)c5ccccc5)cc4)cccc32)cc1. The molecule has 2 aliphatic carbocycles. The lowest BCUT2D eigenvalue weighted by Gasteiger charge is -2.34. The van der Waals surface area contributed by atoms with E-state index in [9.17, 15) is 0 Å². The first-order chi connectivity index (χ1) is 36.3. The van der Waals surface area contributed by atoms with Crippen molar-refractivity contribution in [2.45, 2.75) is 43.4 Å². The van der Waals surface area contributed by atoms with Gasteiger partial charge < -0.3 is 9.47 Å². The highest BCUT2D eigenvalue weighted by Crippen LogP contribution is 2.60. The van der Waals surface area contributed by atoms with Gasteiger partial charge in [0.05, 0.1) is 27.8 Å². The molecule has 11 aromatic carbocycles. The predicted octanol–water partition coefficient (Wildman–Crippen LogP) is 19.2. The van der Waals surface area contributed by atoms with E-state index < -0.39 is 5.41 Å². The summed E-state index contributed by atoms with van der Waals surface area (Å²) < 4.78 is 2.41. The molecule has 0 bridgehead atoms. The van der Waals surface area contributed by atoms with Crippen molar-refractivity contribution in [1.29, 1.82) is 0 Å². The van der Waals surface area contributed by atoms with Crippen molar-refractivity contribution in [1.82, 2.24) is 4.57 Å². The van der Waals surface area contributed by atoms with Gasteiger partial charge in [-0.15, -0.1) is 0 Å². The Morgan fingerprint density at radius 3 is 1.71 bits per heavy atom. The lowest BCUT2D eigenvalue weighted by Crippen LogP contribution is -2.28. The molecule has 0 saturated heterocycles. The fourth-order valence-electron chi connectivity index (χ4n) is 13.2. The van der Waals surface area contributed by atoms with Gasteiger partial charge in [-0.3, -0.25) is 0 Å². The van der Waals surface area contributed by atoms with E-state index in [0.29, 0.717) is 5.92 Å². The van der Waals surface area contributed by atoms with Gasteiger partial charge in [0.1, 0.15) is 0 Å². The van der Waals surface area contributed by atoms with E-state index in [2.05, 4.69) is 270 Å². The van der Waals surface area contributed by atoms with Crippen LogP contribution in [0.5, 0.6) is 0 Å². The molecule has 1 heterocycles. The topological polar surface area (TPSA) is 8.17 Å². The summed E-state index contributed by atoms with van der Waals surface area (Å²) in [5.74, 6) is 0.554. The number of rotatable bonds is 9. The number of nitrogens with zero attached hydrogens (tertiary/aromatic N) is 2. The van der Waals surface area contributed by atoms with E-state index in [1.807, 2.05) is 0 Å². The van der Waals surface area contributed by atoms with Crippen molar-refractivity contribution in [2.75, 3.05) is 4.90 Å². The molecular weight excluding hydrogens is 881 g/mol. The Balaban J connectivity index is 1.02. The smallest absolute Gasteiger partial charge is 0.0714 e. The van der Waals surface area contributed by atoms with E-state index in [-0.39, 0.29) is 0 Å². The summed E-state index contributed by atoms with van der Waals surface area (Å²) in [5.41, 5.74) is 20.4. The molecule has 348 valence electrons. The molecule has 0 aliphatic heterocycles. The fraction of sp³-hybridized carbons (Fsp3) is 0.0986. The molecule has 1 fully saturated rings. The van der Waals surface area contributed by atoms with E-state index in [4.69, 9.17) is 0 Å². The third-order valence-electron chi connectivity index (χ3n) is 16.3. The van der Waals surface area contributed by atoms with Crippen LogP contribution in [-0.2, 0) is 5.41 Å². The van der Waals surface area contributed by atoms with Gasteiger partial charge in [0.15, 0.2) is 0 Å². The summed E-state index contributed by atoms with van der Waals surface area (Å²) in [5, 5.41) is 5.20. The fourth-order valence-corrected chi connectivity index (χ4v) is 13.2. The van der Waals surface area contributed by atoms with Crippen molar-refractivity contribution in [3.8, 4) is 39.1 Å². The molecular formula is C71H54N2. The number of hydrogen-bond donors (Lipinski definition) is 0. The summed E-state index contributed by atoms with van der Waals surface area (Å²) in [6, 6.07) is 97.5. The monoisotopic (exact) mass is 934 g/mol. The summed E-state index contributed by atoms with van der Waals surface area (Å²) >= 11 is 0. The Hall–Kier alpha value is -8.72. The molecule has 0 radical (unpaired) electrons. The van der Waals surface area contributed by atoms with Gasteiger partial charge >= 0.3 is 0 Å². The molecule has 2 aliphatic rings. The van der Waals surface area contributed by atoms with Crippen LogP contribution in [0.1, 0.15) is 65.8 Å². The van der Waals surface area contributed by atoms with Crippen LogP contribution < -0.4 is 4.90 Å². The molecule has 0 atom stereocenters. The third kappa shape index (κ3) is 6.85. The van der Waals surface area contributed by atoms with Gasteiger partial charge in [-0.25, -0.2) is 0 Å². The average Bonchev–Trinajstić information content (AvgIpc) is 3.98. The molecule has 12 aromatic rings. The number of hydrogen-bond acceptors (Lipinski definition) is 1. The average molecular weight is 935 g/mol. The molecule has 2 nitrogen and oxygen atoms in total. The molecule has 0 unspecified atom stereocenters. The lowest BCUT2D eigenvalue weighted by molar-refractivity contribution is 0.445. The quantitative estimate of drug-likeness (QED) is 0.140. The first-order valence-corrected chi connectivity index (χ1v) is 26.2. The zero-order valence-corrected chi connectivity index (χ0v) is 40.8. The van der Waals surface area contributed by atoms with Gasteiger partial charge in [-0.05, 0) is 128 Å². The maximum absolute atomic E-state index is 2.57. The first-order valence-electron chi connectivity index (χ1n) is 26.2. The second-order valence-electron chi connectivity index (χ2n) is 20.1. The zero-order valence-electron chi connectivity index (χ0n) is 40.8. The van der Waals surface area contributed by atoms with Crippen LogP contribution in [-0.4, -0.2) is 4.57 Å². The predicted molar refractivity (Wildman–Crippen MR) is 307 cm³/mol. The summed E-state index contributed by atoms with van der Waals surface area (Å²) in [6.07, 6.45) is 6.40. The van der Waals surface area contributed by atoms with E-state index in [1.165, 1.54) is 126 Å². The van der Waals surface area contributed by atoms with Crippen molar-refractivity contribution in [2.24, 2.45) is 0 Å². The van der Waals surface area contributed by atoms with Gasteiger partial charge in [0.2, 0.25) is 0 Å². The molecule has 1 aromatic heterocycles. The molecule has 0 spiro atoms. The van der Waals surface area contributed by atoms with Crippen LogP contribution in [0.4, 0.5) is 17.1 Å². The van der Waals surface area contributed by atoms with Crippen molar-refractivity contribution < 1.29 is 0 Å². The van der Waals surface area contributed by atoms with Crippen molar-refractivity contribution in [3.63, 3.8) is 0 Å². The molecule has 14 rings (SSSR count). The molecule has 73 heavy (non-hydrogen) atoms. The van der Waals surface area contributed by atoms with E-state index >= 15 is 0 Å². The number of benzene rings is 11.